The predicted molar refractivity (Wildman–Crippen MR) is 113 cm³/mol. The predicted octanol–water partition coefficient (Wildman–Crippen LogP) is 2.65. The number of thiazole rings is 1. The molecule has 2 N–H and O–H groups in total. The van der Waals surface area contributed by atoms with E-state index >= 15 is 0 Å². The Hall–Kier alpha value is -0.410. The largest absolute Gasteiger partial charge is 0.356 e. The van der Waals surface area contributed by atoms with Gasteiger partial charge in [0.25, 0.3) is 0 Å². The van der Waals surface area contributed by atoms with Crippen LogP contribution in [0.15, 0.2) is 10.4 Å². The standard InChI is InChI=1S/C17H29N5S.HI/c1-13-21-15(12-23-13)7-8-19-17(18-2)20-9-10-22(16-5-6-16)11-14-3-4-14;/h12,14,16H,3-11H2,1-2H3,(H2,18,19,20);1H. The normalized spacial score (nSPS) is 17.7. The van der Waals surface area contributed by atoms with Crippen LogP contribution in [0.25, 0.3) is 0 Å². The van der Waals surface area contributed by atoms with Gasteiger partial charge in [-0.15, -0.1) is 35.3 Å². The van der Waals surface area contributed by atoms with Crippen LogP contribution in [-0.2, 0) is 6.42 Å². The van der Waals surface area contributed by atoms with E-state index in [1.54, 1.807) is 11.3 Å². The molecule has 24 heavy (non-hydrogen) atoms. The average Bonchev–Trinajstić information content (AvgIpc) is 3.44. The van der Waals surface area contributed by atoms with Crippen molar-refractivity contribution >= 4 is 41.3 Å². The molecule has 2 fully saturated rings. The quantitative estimate of drug-likeness (QED) is 0.336. The molecular formula is C17H30IN5S. The molecule has 0 atom stereocenters. The van der Waals surface area contributed by atoms with Crippen molar-refractivity contribution in [1.29, 1.82) is 0 Å². The van der Waals surface area contributed by atoms with E-state index in [4.69, 9.17) is 0 Å². The third-order valence-corrected chi connectivity index (χ3v) is 5.33. The van der Waals surface area contributed by atoms with Crippen LogP contribution >= 0.6 is 35.3 Å². The number of hydrogen-bond acceptors (Lipinski definition) is 4. The molecule has 0 bridgehead atoms. The fourth-order valence-electron chi connectivity index (χ4n) is 2.87. The van der Waals surface area contributed by atoms with Gasteiger partial charge in [-0.3, -0.25) is 9.89 Å². The zero-order chi connectivity index (χ0) is 16.1. The maximum Gasteiger partial charge on any atom is 0.191 e. The van der Waals surface area contributed by atoms with Gasteiger partial charge >= 0.3 is 0 Å². The Bertz CT molecular complexity index is 525. The zero-order valence-electron chi connectivity index (χ0n) is 14.8. The highest BCUT2D eigenvalue weighted by molar-refractivity contribution is 14.0. The maximum atomic E-state index is 4.49. The summed E-state index contributed by atoms with van der Waals surface area (Å²) >= 11 is 1.71. The average molecular weight is 463 g/mol. The summed E-state index contributed by atoms with van der Waals surface area (Å²) in [5.74, 6) is 1.88. The number of aryl methyl sites for hydroxylation is 1. The number of nitrogens with zero attached hydrogens (tertiary/aromatic N) is 3. The third kappa shape index (κ3) is 6.84. The monoisotopic (exact) mass is 463 g/mol. The second kappa shape index (κ2) is 9.91. The topological polar surface area (TPSA) is 52.6 Å². The van der Waals surface area contributed by atoms with Gasteiger partial charge in [-0.25, -0.2) is 4.98 Å². The first-order chi connectivity index (χ1) is 11.2. The fourth-order valence-corrected chi connectivity index (χ4v) is 3.51. The van der Waals surface area contributed by atoms with Gasteiger partial charge in [0.1, 0.15) is 0 Å². The van der Waals surface area contributed by atoms with E-state index in [1.807, 2.05) is 7.05 Å². The lowest BCUT2D eigenvalue weighted by Crippen LogP contribution is -2.43. The van der Waals surface area contributed by atoms with Crippen LogP contribution in [0.2, 0.25) is 0 Å². The smallest absolute Gasteiger partial charge is 0.191 e. The summed E-state index contributed by atoms with van der Waals surface area (Å²) in [6, 6.07) is 0.861. The summed E-state index contributed by atoms with van der Waals surface area (Å²) in [5, 5.41) is 10.1. The summed E-state index contributed by atoms with van der Waals surface area (Å²) in [5.41, 5.74) is 1.17. The SMILES string of the molecule is CN=C(NCCc1csc(C)n1)NCCN(CC1CC1)C1CC1.I. The van der Waals surface area contributed by atoms with E-state index in [-0.39, 0.29) is 24.0 Å². The molecule has 0 unspecified atom stereocenters. The lowest BCUT2D eigenvalue weighted by Gasteiger charge is -2.22. The Morgan fingerprint density at radius 1 is 1.29 bits per heavy atom. The minimum absolute atomic E-state index is 0. The third-order valence-electron chi connectivity index (χ3n) is 4.51. The first-order valence-electron chi connectivity index (χ1n) is 8.84. The van der Waals surface area contributed by atoms with E-state index in [2.05, 4.69) is 37.8 Å². The number of nitrogens with one attached hydrogen (secondary N) is 2. The lowest BCUT2D eigenvalue weighted by atomic mass is 10.3. The number of aliphatic imine (C=N–C) groups is 1. The van der Waals surface area contributed by atoms with Crippen LogP contribution in [0, 0.1) is 12.8 Å². The van der Waals surface area contributed by atoms with Crippen LogP contribution in [0.3, 0.4) is 0 Å². The number of aromatic nitrogens is 1. The van der Waals surface area contributed by atoms with Crippen LogP contribution in [-0.4, -0.2) is 55.1 Å². The Morgan fingerprint density at radius 3 is 2.62 bits per heavy atom. The van der Waals surface area contributed by atoms with E-state index in [0.717, 1.165) is 49.0 Å². The summed E-state index contributed by atoms with van der Waals surface area (Å²) in [4.78, 5) is 11.5. The molecule has 1 heterocycles. The van der Waals surface area contributed by atoms with Crippen molar-refractivity contribution in [3.05, 3.63) is 16.1 Å². The number of hydrogen-bond donors (Lipinski definition) is 2. The molecule has 0 amide bonds. The maximum absolute atomic E-state index is 4.49. The molecular weight excluding hydrogens is 433 g/mol. The molecule has 0 spiro atoms. The highest BCUT2D eigenvalue weighted by atomic mass is 127. The molecule has 0 saturated heterocycles. The van der Waals surface area contributed by atoms with Crippen molar-refractivity contribution in [2.24, 2.45) is 10.9 Å². The van der Waals surface area contributed by atoms with Gasteiger partial charge in [0.2, 0.25) is 0 Å². The van der Waals surface area contributed by atoms with E-state index < -0.39 is 0 Å². The molecule has 7 heteroatoms. The van der Waals surface area contributed by atoms with Crippen molar-refractivity contribution < 1.29 is 0 Å². The zero-order valence-corrected chi connectivity index (χ0v) is 17.9. The number of rotatable bonds is 9. The molecule has 1 aromatic rings. The van der Waals surface area contributed by atoms with Gasteiger partial charge in [-0.1, -0.05) is 0 Å². The van der Waals surface area contributed by atoms with Crippen LogP contribution in [0.1, 0.15) is 36.4 Å². The summed E-state index contributed by atoms with van der Waals surface area (Å²) in [6.45, 7) is 6.33. The Morgan fingerprint density at radius 2 is 2.04 bits per heavy atom. The minimum Gasteiger partial charge on any atom is -0.356 e. The first-order valence-corrected chi connectivity index (χ1v) is 9.72. The van der Waals surface area contributed by atoms with E-state index in [9.17, 15) is 0 Å². The van der Waals surface area contributed by atoms with Gasteiger partial charge in [0.05, 0.1) is 10.7 Å². The molecule has 2 saturated carbocycles. The molecule has 1 aromatic heterocycles. The highest BCUT2D eigenvalue weighted by Crippen LogP contribution is 2.34. The summed E-state index contributed by atoms with van der Waals surface area (Å²) < 4.78 is 0. The Balaban J connectivity index is 0.00000208. The molecule has 2 aliphatic rings. The van der Waals surface area contributed by atoms with Crippen molar-refractivity contribution in [3.63, 3.8) is 0 Å². The molecule has 2 aliphatic carbocycles. The highest BCUT2D eigenvalue weighted by Gasteiger charge is 2.33. The molecule has 136 valence electrons. The second-order valence-electron chi connectivity index (χ2n) is 6.70. The van der Waals surface area contributed by atoms with Gasteiger partial charge in [0.15, 0.2) is 5.96 Å². The van der Waals surface area contributed by atoms with Crippen molar-refractivity contribution in [2.45, 2.75) is 45.1 Å². The van der Waals surface area contributed by atoms with Gasteiger partial charge < -0.3 is 10.6 Å². The van der Waals surface area contributed by atoms with Gasteiger partial charge in [-0.05, 0) is 38.5 Å². The molecule has 3 rings (SSSR count). The van der Waals surface area contributed by atoms with Crippen LogP contribution in [0.5, 0.6) is 0 Å². The van der Waals surface area contributed by atoms with Gasteiger partial charge in [0, 0.05) is 51.1 Å². The Labute approximate surface area is 166 Å². The number of guanidine groups is 1. The van der Waals surface area contributed by atoms with Crippen LogP contribution < -0.4 is 10.6 Å². The number of halogens is 1. The van der Waals surface area contributed by atoms with Gasteiger partial charge in [-0.2, -0.15) is 0 Å². The molecule has 0 aliphatic heterocycles. The van der Waals surface area contributed by atoms with Crippen molar-refractivity contribution in [1.82, 2.24) is 20.5 Å². The first kappa shape index (κ1) is 19.9. The van der Waals surface area contributed by atoms with Crippen LogP contribution in [0.4, 0.5) is 0 Å². The lowest BCUT2D eigenvalue weighted by molar-refractivity contribution is 0.256. The molecule has 0 radical (unpaired) electrons. The van der Waals surface area contributed by atoms with Crippen molar-refractivity contribution in [3.8, 4) is 0 Å². The molecule has 0 aromatic carbocycles. The summed E-state index contributed by atoms with van der Waals surface area (Å²) in [6.07, 6.45) is 6.62. The van der Waals surface area contributed by atoms with E-state index in [0.29, 0.717) is 0 Å². The Kier molecular flexibility index (Phi) is 8.22. The minimum atomic E-state index is 0. The van der Waals surface area contributed by atoms with E-state index in [1.165, 1.54) is 37.9 Å². The second-order valence-corrected chi connectivity index (χ2v) is 7.77. The molecule has 5 nitrogen and oxygen atoms in total. The summed E-state index contributed by atoms with van der Waals surface area (Å²) in [7, 11) is 1.84. The van der Waals surface area contributed by atoms with Crippen molar-refractivity contribution in [2.75, 3.05) is 33.2 Å². The fraction of sp³-hybridized carbons (Fsp3) is 0.765.